The molecule has 0 radical (unpaired) electrons. The number of amides is 2. The zero-order valence-electron chi connectivity index (χ0n) is 11.4. The van der Waals surface area contributed by atoms with Crippen LogP contribution in [0.25, 0.3) is 0 Å². The lowest BCUT2D eigenvalue weighted by Crippen LogP contribution is -2.56. The van der Waals surface area contributed by atoms with Crippen LogP contribution in [0.15, 0.2) is 30.3 Å². The number of nitrogens with one attached hydrogen (secondary N) is 1. The van der Waals surface area contributed by atoms with Crippen LogP contribution in [0, 0.1) is 0 Å². The molecule has 2 amide bonds. The maximum absolute atomic E-state index is 11.9. The third-order valence-corrected chi connectivity index (χ3v) is 3.59. The van der Waals surface area contributed by atoms with E-state index >= 15 is 0 Å². The van der Waals surface area contributed by atoms with E-state index in [1.54, 1.807) is 11.8 Å². The standard InChI is InChI=1S/C15H20N2O2/c1-11(13-6-4-3-5-7-13)8-9-17-10-14(18)16-12(2)15(17)19/h3-7,11-12H,8-10H2,1-2H3,(H,16,18). The van der Waals surface area contributed by atoms with E-state index in [2.05, 4.69) is 24.4 Å². The Hall–Kier alpha value is -1.84. The van der Waals surface area contributed by atoms with Gasteiger partial charge in [-0.2, -0.15) is 0 Å². The van der Waals surface area contributed by atoms with Gasteiger partial charge in [-0.25, -0.2) is 0 Å². The van der Waals surface area contributed by atoms with Crippen molar-refractivity contribution in [3.8, 4) is 0 Å². The summed E-state index contributed by atoms with van der Waals surface area (Å²) in [6.45, 7) is 4.69. The number of carbonyl (C=O) groups is 2. The second-order valence-corrected chi connectivity index (χ2v) is 5.15. The summed E-state index contributed by atoms with van der Waals surface area (Å²) in [5.41, 5.74) is 1.27. The molecule has 1 N–H and O–H groups in total. The van der Waals surface area contributed by atoms with Crippen LogP contribution in [0.1, 0.15) is 31.7 Å². The Kier molecular flexibility index (Phi) is 4.20. The SMILES string of the molecule is CC1NC(=O)CN(CCC(C)c2ccccc2)C1=O. The first-order valence-electron chi connectivity index (χ1n) is 6.71. The lowest BCUT2D eigenvalue weighted by molar-refractivity contribution is -0.143. The van der Waals surface area contributed by atoms with E-state index in [1.807, 2.05) is 18.2 Å². The number of nitrogens with zero attached hydrogens (tertiary/aromatic N) is 1. The zero-order chi connectivity index (χ0) is 13.8. The summed E-state index contributed by atoms with van der Waals surface area (Å²) in [6, 6.07) is 9.83. The molecule has 2 unspecified atom stereocenters. The first kappa shape index (κ1) is 13.6. The van der Waals surface area contributed by atoms with Crippen molar-refractivity contribution in [2.45, 2.75) is 32.2 Å². The molecule has 1 aliphatic heterocycles. The topological polar surface area (TPSA) is 49.4 Å². The Morgan fingerprint density at radius 3 is 2.68 bits per heavy atom. The highest BCUT2D eigenvalue weighted by Gasteiger charge is 2.29. The maximum Gasteiger partial charge on any atom is 0.245 e. The Labute approximate surface area is 113 Å². The van der Waals surface area contributed by atoms with Crippen LogP contribution >= 0.6 is 0 Å². The van der Waals surface area contributed by atoms with E-state index in [-0.39, 0.29) is 18.4 Å². The third kappa shape index (κ3) is 3.34. The molecular formula is C15H20N2O2. The quantitative estimate of drug-likeness (QED) is 0.892. The lowest BCUT2D eigenvalue weighted by atomic mass is 9.97. The van der Waals surface area contributed by atoms with Crippen LogP contribution in [0.5, 0.6) is 0 Å². The second-order valence-electron chi connectivity index (χ2n) is 5.15. The van der Waals surface area contributed by atoms with Gasteiger partial charge in [0.15, 0.2) is 0 Å². The molecule has 0 saturated carbocycles. The highest BCUT2D eigenvalue weighted by atomic mass is 16.2. The smallest absolute Gasteiger partial charge is 0.245 e. The molecule has 19 heavy (non-hydrogen) atoms. The monoisotopic (exact) mass is 260 g/mol. The van der Waals surface area contributed by atoms with Crippen molar-refractivity contribution >= 4 is 11.8 Å². The fourth-order valence-electron chi connectivity index (χ4n) is 2.36. The summed E-state index contributed by atoms with van der Waals surface area (Å²) in [5, 5.41) is 2.65. The molecule has 2 rings (SSSR count). The minimum absolute atomic E-state index is 0.0138. The van der Waals surface area contributed by atoms with Gasteiger partial charge in [-0.15, -0.1) is 0 Å². The van der Waals surface area contributed by atoms with Gasteiger partial charge in [-0.3, -0.25) is 9.59 Å². The van der Waals surface area contributed by atoms with Crippen molar-refractivity contribution < 1.29 is 9.59 Å². The van der Waals surface area contributed by atoms with Gasteiger partial charge < -0.3 is 10.2 Å². The van der Waals surface area contributed by atoms with Crippen LogP contribution in [0.2, 0.25) is 0 Å². The normalized spacial score (nSPS) is 21.2. The molecule has 1 aromatic carbocycles. The Bertz CT molecular complexity index is 458. The van der Waals surface area contributed by atoms with Crippen molar-refractivity contribution in [3.05, 3.63) is 35.9 Å². The van der Waals surface area contributed by atoms with Crippen LogP contribution in [0.4, 0.5) is 0 Å². The fraction of sp³-hybridized carbons (Fsp3) is 0.467. The third-order valence-electron chi connectivity index (χ3n) is 3.59. The molecular weight excluding hydrogens is 240 g/mol. The molecule has 0 spiro atoms. The minimum atomic E-state index is -0.395. The van der Waals surface area contributed by atoms with Gasteiger partial charge in [0, 0.05) is 6.54 Å². The first-order chi connectivity index (χ1) is 9.08. The second kappa shape index (κ2) is 5.87. The van der Waals surface area contributed by atoms with E-state index in [0.717, 1.165) is 6.42 Å². The van der Waals surface area contributed by atoms with Crippen molar-refractivity contribution in [2.75, 3.05) is 13.1 Å². The Morgan fingerprint density at radius 2 is 2.00 bits per heavy atom. The van der Waals surface area contributed by atoms with Gasteiger partial charge in [0.2, 0.25) is 11.8 Å². The lowest BCUT2D eigenvalue weighted by Gasteiger charge is -2.31. The summed E-state index contributed by atoms with van der Waals surface area (Å²) < 4.78 is 0. The molecule has 1 heterocycles. The summed E-state index contributed by atoms with van der Waals surface area (Å²) in [5.74, 6) is 0.327. The number of piperazine rings is 1. The van der Waals surface area contributed by atoms with Gasteiger partial charge >= 0.3 is 0 Å². The Morgan fingerprint density at radius 1 is 1.32 bits per heavy atom. The highest BCUT2D eigenvalue weighted by Crippen LogP contribution is 2.19. The number of hydrogen-bond acceptors (Lipinski definition) is 2. The van der Waals surface area contributed by atoms with Crippen molar-refractivity contribution in [2.24, 2.45) is 0 Å². The molecule has 2 atom stereocenters. The van der Waals surface area contributed by atoms with Gasteiger partial charge in [0.25, 0.3) is 0 Å². The molecule has 4 heteroatoms. The number of hydrogen-bond donors (Lipinski definition) is 1. The fourth-order valence-corrected chi connectivity index (χ4v) is 2.36. The molecule has 1 fully saturated rings. The average molecular weight is 260 g/mol. The number of carbonyl (C=O) groups excluding carboxylic acids is 2. The summed E-state index contributed by atoms with van der Waals surface area (Å²) in [7, 11) is 0. The van der Waals surface area contributed by atoms with Gasteiger partial charge in [0.05, 0.1) is 6.54 Å². The maximum atomic E-state index is 11.9. The van der Waals surface area contributed by atoms with Crippen LogP contribution in [-0.2, 0) is 9.59 Å². The van der Waals surface area contributed by atoms with E-state index in [0.29, 0.717) is 12.5 Å². The molecule has 1 aliphatic rings. The Balaban J connectivity index is 1.91. The van der Waals surface area contributed by atoms with E-state index in [1.165, 1.54) is 5.56 Å². The summed E-state index contributed by atoms with van der Waals surface area (Å²) >= 11 is 0. The molecule has 1 saturated heterocycles. The van der Waals surface area contributed by atoms with Crippen molar-refractivity contribution in [3.63, 3.8) is 0 Å². The highest BCUT2D eigenvalue weighted by molar-refractivity contribution is 5.94. The summed E-state index contributed by atoms with van der Waals surface area (Å²) in [4.78, 5) is 25.0. The van der Waals surface area contributed by atoms with E-state index in [9.17, 15) is 9.59 Å². The zero-order valence-corrected chi connectivity index (χ0v) is 11.4. The molecule has 1 aromatic rings. The molecule has 4 nitrogen and oxygen atoms in total. The molecule has 0 aliphatic carbocycles. The van der Waals surface area contributed by atoms with Crippen LogP contribution < -0.4 is 5.32 Å². The summed E-state index contributed by atoms with van der Waals surface area (Å²) in [6.07, 6.45) is 0.871. The first-order valence-corrected chi connectivity index (χ1v) is 6.71. The molecule has 0 bridgehead atoms. The average Bonchev–Trinajstić information content (AvgIpc) is 2.41. The number of rotatable bonds is 4. The van der Waals surface area contributed by atoms with Crippen molar-refractivity contribution in [1.29, 1.82) is 0 Å². The van der Waals surface area contributed by atoms with E-state index < -0.39 is 6.04 Å². The number of benzene rings is 1. The van der Waals surface area contributed by atoms with Crippen LogP contribution in [0.3, 0.4) is 0 Å². The van der Waals surface area contributed by atoms with Gasteiger partial charge in [-0.1, -0.05) is 37.3 Å². The predicted octanol–water partition coefficient (Wildman–Crippen LogP) is 1.53. The van der Waals surface area contributed by atoms with Gasteiger partial charge in [-0.05, 0) is 24.8 Å². The largest absolute Gasteiger partial charge is 0.343 e. The van der Waals surface area contributed by atoms with E-state index in [4.69, 9.17) is 0 Å². The van der Waals surface area contributed by atoms with Crippen LogP contribution in [-0.4, -0.2) is 35.8 Å². The minimum Gasteiger partial charge on any atom is -0.343 e. The molecule has 102 valence electrons. The molecule has 0 aromatic heterocycles. The van der Waals surface area contributed by atoms with Crippen molar-refractivity contribution in [1.82, 2.24) is 10.2 Å². The van der Waals surface area contributed by atoms with Gasteiger partial charge in [0.1, 0.15) is 6.04 Å². The predicted molar refractivity (Wildman–Crippen MR) is 73.7 cm³/mol.